The van der Waals surface area contributed by atoms with E-state index in [1.54, 1.807) is 0 Å². The van der Waals surface area contributed by atoms with Crippen molar-refractivity contribution in [3.63, 3.8) is 0 Å². The van der Waals surface area contributed by atoms with E-state index < -0.39 is 21.8 Å². The van der Waals surface area contributed by atoms with Gasteiger partial charge < -0.3 is 10.4 Å². The Morgan fingerprint density at radius 3 is 2.18 bits per heavy atom. The summed E-state index contributed by atoms with van der Waals surface area (Å²) in [4.78, 5) is 10.3. The summed E-state index contributed by atoms with van der Waals surface area (Å²) < 4.78 is 21.2. The van der Waals surface area contributed by atoms with E-state index in [1.807, 2.05) is 0 Å². The average molecular weight is 181 g/mol. The summed E-state index contributed by atoms with van der Waals surface area (Å²) >= 11 is 0. The van der Waals surface area contributed by atoms with Crippen LogP contribution in [0.15, 0.2) is 0 Å². The molecule has 11 heavy (non-hydrogen) atoms. The van der Waals surface area contributed by atoms with Gasteiger partial charge in [-0.1, -0.05) is 0 Å². The first-order chi connectivity index (χ1) is 4.87. The van der Waals surface area contributed by atoms with Crippen molar-refractivity contribution < 1.29 is 18.3 Å². The first kappa shape index (κ1) is 10.4. The molecule has 1 atom stereocenters. The molecule has 0 heterocycles. The van der Waals surface area contributed by atoms with Gasteiger partial charge in [-0.2, -0.15) is 0 Å². The maximum atomic E-state index is 10.6. The van der Waals surface area contributed by atoms with Gasteiger partial charge in [-0.05, 0) is 7.05 Å². The van der Waals surface area contributed by atoms with E-state index in [4.69, 9.17) is 5.11 Å². The van der Waals surface area contributed by atoms with E-state index in [1.165, 1.54) is 7.05 Å². The van der Waals surface area contributed by atoms with Crippen LogP contribution in [0.2, 0.25) is 0 Å². The molecule has 0 aliphatic rings. The number of likely N-dealkylation sites (N-methyl/N-ethyl adjacent to an activating group) is 1. The minimum Gasteiger partial charge on any atom is -0.480 e. The summed E-state index contributed by atoms with van der Waals surface area (Å²) in [5.74, 6) is -1.53. The number of sulfone groups is 1. The van der Waals surface area contributed by atoms with Gasteiger partial charge in [-0.3, -0.25) is 4.79 Å². The third-order valence-corrected chi connectivity index (χ3v) is 2.05. The number of carbonyl (C=O) groups is 1. The summed E-state index contributed by atoms with van der Waals surface area (Å²) in [7, 11) is -1.82. The molecular weight excluding hydrogens is 170 g/mol. The minimum absolute atomic E-state index is 0.376. The Kier molecular flexibility index (Phi) is 3.47. The Labute approximate surface area is 65.3 Å². The second-order valence-corrected chi connectivity index (χ2v) is 4.46. The van der Waals surface area contributed by atoms with E-state index in [2.05, 4.69) is 5.32 Å². The average Bonchev–Trinajstić information content (AvgIpc) is 1.80. The van der Waals surface area contributed by atoms with Crippen LogP contribution in [0.4, 0.5) is 0 Å². The van der Waals surface area contributed by atoms with Crippen molar-refractivity contribution in [2.45, 2.75) is 6.04 Å². The van der Waals surface area contributed by atoms with Crippen molar-refractivity contribution in [2.24, 2.45) is 0 Å². The number of hydrogen-bond donors (Lipinski definition) is 2. The highest BCUT2D eigenvalue weighted by Crippen LogP contribution is 1.90. The van der Waals surface area contributed by atoms with Gasteiger partial charge in [-0.25, -0.2) is 8.42 Å². The largest absolute Gasteiger partial charge is 0.480 e. The van der Waals surface area contributed by atoms with Crippen LogP contribution < -0.4 is 5.32 Å². The number of carboxylic acid groups (broad SMARTS) is 1. The molecular formula is C5H11NO4S. The van der Waals surface area contributed by atoms with Crippen LogP contribution in [0.25, 0.3) is 0 Å². The molecule has 0 aromatic heterocycles. The number of nitrogens with one attached hydrogen (secondary N) is 1. The first-order valence-electron chi connectivity index (χ1n) is 2.94. The molecule has 0 saturated heterocycles. The zero-order chi connectivity index (χ0) is 9.07. The number of aliphatic carboxylic acids is 1. The minimum atomic E-state index is -3.22. The van der Waals surface area contributed by atoms with Gasteiger partial charge in [0.15, 0.2) is 0 Å². The number of carboxylic acids is 1. The first-order valence-corrected chi connectivity index (χ1v) is 5.00. The summed E-state index contributed by atoms with van der Waals surface area (Å²) in [6.45, 7) is 0. The van der Waals surface area contributed by atoms with Crippen molar-refractivity contribution in [2.75, 3.05) is 19.1 Å². The van der Waals surface area contributed by atoms with Crippen LogP contribution in [0.3, 0.4) is 0 Å². The predicted octanol–water partition coefficient (Wildman–Crippen LogP) is -1.30. The highest BCUT2D eigenvalue weighted by molar-refractivity contribution is 7.90. The van der Waals surface area contributed by atoms with Crippen molar-refractivity contribution in [1.29, 1.82) is 0 Å². The molecule has 0 radical (unpaired) electrons. The topological polar surface area (TPSA) is 83.5 Å². The second kappa shape index (κ2) is 3.68. The zero-order valence-corrected chi connectivity index (χ0v) is 7.18. The van der Waals surface area contributed by atoms with Crippen LogP contribution in [0, 0.1) is 0 Å². The molecule has 0 aromatic carbocycles. The third-order valence-electron chi connectivity index (χ3n) is 1.12. The molecule has 0 spiro atoms. The maximum Gasteiger partial charge on any atom is 0.321 e. The molecule has 2 N–H and O–H groups in total. The van der Waals surface area contributed by atoms with E-state index >= 15 is 0 Å². The fourth-order valence-electron chi connectivity index (χ4n) is 0.581. The molecule has 0 fully saturated rings. The van der Waals surface area contributed by atoms with E-state index in [9.17, 15) is 13.2 Å². The lowest BCUT2D eigenvalue weighted by Gasteiger charge is -2.08. The summed E-state index contributed by atoms with van der Waals surface area (Å²) in [5.41, 5.74) is 0. The monoisotopic (exact) mass is 181 g/mol. The molecule has 0 aromatic rings. The maximum absolute atomic E-state index is 10.6. The molecule has 66 valence electrons. The summed E-state index contributed by atoms with van der Waals surface area (Å²) in [6.07, 6.45) is 1.00. The Morgan fingerprint density at radius 2 is 2.09 bits per heavy atom. The van der Waals surface area contributed by atoms with Crippen molar-refractivity contribution in [3.05, 3.63) is 0 Å². The summed E-state index contributed by atoms with van der Waals surface area (Å²) in [5, 5.41) is 10.8. The van der Waals surface area contributed by atoms with E-state index in [-0.39, 0.29) is 5.75 Å². The van der Waals surface area contributed by atoms with Crippen LogP contribution >= 0.6 is 0 Å². The van der Waals surface area contributed by atoms with Gasteiger partial charge in [0.05, 0.1) is 5.75 Å². The number of hydrogen-bond acceptors (Lipinski definition) is 4. The number of rotatable bonds is 4. The van der Waals surface area contributed by atoms with Gasteiger partial charge >= 0.3 is 5.97 Å². The van der Waals surface area contributed by atoms with Crippen LogP contribution in [-0.2, 0) is 14.6 Å². The highest BCUT2D eigenvalue weighted by Gasteiger charge is 2.19. The Bertz CT molecular complexity index is 233. The molecule has 6 heteroatoms. The normalized spacial score (nSPS) is 14.4. The Balaban J connectivity index is 4.22. The molecule has 5 nitrogen and oxygen atoms in total. The molecule has 0 saturated carbocycles. The van der Waals surface area contributed by atoms with Gasteiger partial charge in [0.25, 0.3) is 0 Å². The van der Waals surface area contributed by atoms with E-state index in [0.29, 0.717) is 0 Å². The van der Waals surface area contributed by atoms with Crippen LogP contribution in [-0.4, -0.2) is 44.6 Å². The van der Waals surface area contributed by atoms with Crippen molar-refractivity contribution >= 4 is 15.8 Å². The highest BCUT2D eigenvalue weighted by atomic mass is 32.2. The van der Waals surface area contributed by atoms with Crippen LogP contribution in [0.5, 0.6) is 0 Å². The quantitative estimate of drug-likeness (QED) is 0.563. The molecule has 1 unspecified atom stereocenters. The zero-order valence-electron chi connectivity index (χ0n) is 6.36. The summed E-state index contributed by atoms with van der Waals surface area (Å²) in [6, 6.07) is -1.01. The Hall–Kier alpha value is -0.620. The standard InChI is InChI=1S/C5H11NO4S/c1-6-4(5(7)8)3-11(2,9)10/h4,6H,3H2,1-2H3,(H,7,8). The fraction of sp³-hybridized carbons (Fsp3) is 0.800. The smallest absolute Gasteiger partial charge is 0.321 e. The lowest BCUT2D eigenvalue weighted by molar-refractivity contribution is -0.138. The van der Waals surface area contributed by atoms with Crippen molar-refractivity contribution in [3.8, 4) is 0 Å². The van der Waals surface area contributed by atoms with Crippen molar-refractivity contribution in [1.82, 2.24) is 5.32 Å². The van der Waals surface area contributed by atoms with Gasteiger partial charge in [0, 0.05) is 6.26 Å². The lowest BCUT2D eigenvalue weighted by atomic mass is 10.3. The molecule has 0 aliphatic heterocycles. The van der Waals surface area contributed by atoms with Gasteiger partial charge in [-0.15, -0.1) is 0 Å². The predicted molar refractivity (Wildman–Crippen MR) is 40.2 cm³/mol. The SMILES string of the molecule is CNC(CS(C)(=O)=O)C(=O)O. The van der Waals surface area contributed by atoms with Gasteiger partial charge in [0.2, 0.25) is 0 Å². The fourth-order valence-corrected chi connectivity index (χ4v) is 1.50. The second-order valence-electron chi connectivity index (χ2n) is 2.27. The van der Waals surface area contributed by atoms with Crippen LogP contribution in [0.1, 0.15) is 0 Å². The lowest BCUT2D eigenvalue weighted by Crippen LogP contribution is -2.39. The molecule has 0 amide bonds. The Morgan fingerprint density at radius 1 is 1.64 bits per heavy atom. The van der Waals surface area contributed by atoms with Gasteiger partial charge in [0.1, 0.15) is 15.9 Å². The molecule has 0 rings (SSSR count). The molecule has 0 aliphatic carbocycles. The van der Waals surface area contributed by atoms with E-state index in [0.717, 1.165) is 6.26 Å². The third kappa shape index (κ3) is 4.74. The molecule has 0 bridgehead atoms.